The molecule has 0 spiro atoms. The maximum Gasteiger partial charge on any atom is 0.222 e. The molecule has 1 aliphatic heterocycles. The van der Waals surface area contributed by atoms with Gasteiger partial charge in [0.2, 0.25) is 11.8 Å². The molecule has 1 aliphatic rings. The molecule has 4 heterocycles. The molecule has 0 aliphatic carbocycles. The lowest BCUT2D eigenvalue weighted by molar-refractivity contribution is 0.0211. The fraction of sp³-hybridized carbons (Fsp3) is 0.333. The van der Waals surface area contributed by atoms with Crippen LogP contribution in [-0.2, 0) is 11.3 Å². The molecule has 3 N–H and O–H groups in total. The maximum atomic E-state index is 8.41. The number of ether oxygens (including phenoxy) is 3. The summed E-state index contributed by atoms with van der Waals surface area (Å²) in [5.41, 5.74) is 4.84. The first kappa shape index (κ1) is 22.5. The predicted octanol–water partition coefficient (Wildman–Crippen LogP) is 3.76. The van der Waals surface area contributed by atoms with Gasteiger partial charge in [0.25, 0.3) is 0 Å². The van der Waals surface area contributed by atoms with Crippen molar-refractivity contribution in [2.45, 2.75) is 26.4 Å². The monoisotopic (exact) mass is 448 g/mol. The van der Waals surface area contributed by atoms with Crippen molar-refractivity contribution in [2.24, 2.45) is 0 Å². The molecule has 0 atom stereocenters. The molecule has 1 fully saturated rings. The molecule has 0 amide bonds. The van der Waals surface area contributed by atoms with Gasteiger partial charge < -0.3 is 30.3 Å². The zero-order valence-electron chi connectivity index (χ0n) is 19.0. The average Bonchev–Trinajstić information content (AvgIpc) is 2.80. The number of methoxy groups -OCH3 is 1. The molecular formula is C24H28N6O3. The van der Waals surface area contributed by atoms with Gasteiger partial charge in [-0.15, -0.1) is 0 Å². The highest BCUT2D eigenvalue weighted by Gasteiger charge is 2.24. The van der Waals surface area contributed by atoms with Gasteiger partial charge in [0, 0.05) is 24.5 Å². The second-order valence-electron chi connectivity index (χ2n) is 7.60. The zero-order valence-corrected chi connectivity index (χ0v) is 19.0. The van der Waals surface area contributed by atoms with Crippen molar-refractivity contribution in [1.82, 2.24) is 15.0 Å². The van der Waals surface area contributed by atoms with Crippen LogP contribution < -0.4 is 20.1 Å². The quantitative estimate of drug-likeness (QED) is 0.402. The van der Waals surface area contributed by atoms with Gasteiger partial charge in [-0.05, 0) is 38.1 Å². The van der Waals surface area contributed by atoms with E-state index in [1.165, 1.54) is 0 Å². The SMILES string of the molecule is CCOc1ncccc1-c1cc(NCc2cccnc2OC)c(NC2COC2)c(C(C)=N)n1. The Balaban J connectivity index is 1.78. The van der Waals surface area contributed by atoms with E-state index in [0.29, 0.717) is 55.2 Å². The lowest BCUT2D eigenvalue weighted by Crippen LogP contribution is -2.40. The minimum Gasteiger partial charge on any atom is -0.481 e. The Bertz CT molecular complexity index is 1130. The Morgan fingerprint density at radius 1 is 1.18 bits per heavy atom. The summed E-state index contributed by atoms with van der Waals surface area (Å²) in [5, 5.41) is 15.4. The number of pyridine rings is 3. The van der Waals surface area contributed by atoms with Crippen molar-refractivity contribution >= 4 is 17.1 Å². The summed E-state index contributed by atoms with van der Waals surface area (Å²) >= 11 is 0. The van der Waals surface area contributed by atoms with Crippen LogP contribution in [0.25, 0.3) is 11.3 Å². The number of hydrogen-bond donors (Lipinski definition) is 3. The molecule has 3 aromatic rings. The van der Waals surface area contributed by atoms with Crippen LogP contribution in [0.4, 0.5) is 11.4 Å². The largest absolute Gasteiger partial charge is 0.481 e. The molecule has 0 unspecified atom stereocenters. The molecule has 33 heavy (non-hydrogen) atoms. The van der Waals surface area contributed by atoms with Crippen LogP contribution in [0.3, 0.4) is 0 Å². The smallest absolute Gasteiger partial charge is 0.222 e. The number of aromatic nitrogens is 3. The number of anilines is 2. The fourth-order valence-electron chi connectivity index (χ4n) is 3.53. The second kappa shape index (κ2) is 10.3. The molecule has 0 aromatic carbocycles. The van der Waals surface area contributed by atoms with Crippen LogP contribution in [0.15, 0.2) is 42.7 Å². The van der Waals surface area contributed by atoms with Crippen molar-refractivity contribution in [3.05, 3.63) is 54.0 Å². The van der Waals surface area contributed by atoms with Gasteiger partial charge in [-0.25, -0.2) is 15.0 Å². The van der Waals surface area contributed by atoms with E-state index < -0.39 is 0 Å². The van der Waals surface area contributed by atoms with Gasteiger partial charge >= 0.3 is 0 Å². The minimum absolute atomic E-state index is 0.168. The zero-order chi connectivity index (χ0) is 23.2. The number of nitrogens with one attached hydrogen (secondary N) is 3. The van der Waals surface area contributed by atoms with Gasteiger partial charge in [0.05, 0.1) is 61.3 Å². The fourth-order valence-corrected chi connectivity index (χ4v) is 3.53. The Labute approximate surface area is 193 Å². The second-order valence-corrected chi connectivity index (χ2v) is 7.60. The summed E-state index contributed by atoms with van der Waals surface area (Å²) in [4.78, 5) is 13.5. The van der Waals surface area contributed by atoms with E-state index in [0.717, 1.165) is 22.5 Å². The standard InChI is InChI=1S/C24H28N6O3/c1-4-33-24-18(8-6-10-27-24)19-11-20(28-12-16-7-5-9-26-23(16)31-3)22(21(30-19)15(2)25)29-17-13-32-14-17/h5-11,17,25,29H,4,12-14H2,1-3H3,(H,28,30). The summed E-state index contributed by atoms with van der Waals surface area (Å²) < 4.78 is 16.5. The molecule has 172 valence electrons. The Morgan fingerprint density at radius 2 is 1.94 bits per heavy atom. The summed E-state index contributed by atoms with van der Waals surface area (Å²) in [6, 6.07) is 9.73. The molecule has 0 saturated carbocycles. The van der Waals surface area contributed by atoms with Gasteiger partial charge in [-0.2, -0.15) is 0 Å². The third kappa shape index (κ3) is 5.04. The molecular weight excluding hydrogens is 420 g/mol. The first-order valence-electron chi connectivity index (χ1n) is 10.9. The molecule has 4 rings (SSSR count). The predicted molar refractivity (Wildman–Crippen MR) is 127 cm³/mol. The topological polar surface area (TPSA) is 114 Å². The van der Waals surface area contributed by atoms with Crippen LogP contribution >= 0.6 is 0 Å². The Morgan fingerprint density at radius 3 is 2.61 bits per heavy atom. The summed E-state index contributed by atoms with van der Waals surface area (Å²) in [6.07, 6.45) is 3.39. The first-order valence-corrected chi connectivity index (χ1v) is 10.9. The average molecular weight is 449 g/mol. The van der Waals surface area contributed by atoms with Crippen molar-refractivity contribution in [2.75, 3.05) is 37.6 Å². The highest BCUT2D eigenvalue weighted by molar-refractivity contribution is 6.03. The molecule has 9 heteroatoms. The lowest BCUT2D eigenvalue weighted by Gasteiger charge is -2.30. The van der Waals surface area contributed by atoms with E-state index in [2.05, 4.69) is 20.6 Å². The minimum atomic E-state index is 0.168. The molecule has 0 radical (unpaired) electrons. The third-order valence-electron chi connectivity index (χ3n) is 5.20. The van der Waals surface area contributed by atoms with Gasteiger partial charge in [-0.1, -0.05) is 6.07 Å². The van der Waals surface area contributed by atoms with Crippen molar-refractivity contribution in [3.8, 4) is 23.0 Å². The van der Waals surface area contributed by atoms with Gasteiger partial charge in [0.1, 0.15) is 5.69 Å². The van der Waals surface area contributed by atoms with Gasteiger partial charge in [0.15, 0.2) is 0 Å². The number of nitrogens with zero attached hydrogens (tertiary/aromatic N) is 3. The first-order chi connectivity index (χ1) is 16.1. The molecule has 1 saturated heterocycles. The maximum absolute atomic E-state index is 8.41. The van der Waals surface area contributed by atoms with Crippen molar-refractivity contribution in [1.29, 1.82) is 5.41 Å². The Hall–Kier alpha value is -3.72. The normalized spacial score (nSPS) is 13.2. The highest BCUT2D eigenvalue weighted by Crippen LogP contribution is 2.35. The molecule has 9 nitrogen and oxygen atoms in total. The van der Waals surface area contributed by atoms with Crippen LogP contribution in [0.1, 0.15) is 25.1 Å². The third-order valence-corrected chi connectivity index (χ3v) is 5.20. The lowest BCUT2D eigenvalue weighted by atomic mass is 10.1. The van der Waals surface area contributed by atoms with Crippen molar-refractivity contribution < 1.29 is 14.2 Å². The highest BCUT2D eigenvalue weighted by atomic mass is 16.5. The van der Waals surface area contributed by atoms with Crippen LogP contribution in [0, 0.1) is 5.41 Å². The summed E-state index contributed by atoms with van der Waals surface area (Å²) in [7, 11) is 1.61. The van der Waals surface area contributed by atoms with Crippen LogP contribution in [0.5, 0.6) is 11.8 Å². The Kier molecular flexibility index (Phi) is 6.99. The van der Waals surface area contributed by atoms with E-state index in [1.54, 1.807) is 26.4 Å². The molecule has 3 aromatic heterocycles. The number of hydrogen-bond acceptors (Lipinski definition) is 9. The van der Waals surface area contributed by atoms with E-state index in [4.69, 9.17) is 24.6 Å². The van der Waals surface area contributed by atoms with E-state index in [1.807, 2.05) is 37.3 Å². The van der Waals surface area contributed by atoms with Crippen LogP contribution in [0.2, 0.25) is 0 Å². The van der Waals surface area contributed by atoms with Crippen molar-refractivity contribution in [3.63, 3.8) is 0 Å². The van der Waals surface area contributed by atoms with Gasteiger partial charge in [-0.3, -0.25) is 0 Å². The summed E-state index contributed by atoms with van der Waals surface area (Å²) in [6.45, 7) is 5.86. The van der Waals surface area contributed by atoms with E-state index in [-0.39, 0.29) is 6.04 Å². The van der Waals surface area contributed by atoms with E-state index >= 15 is 0 Å². The van der Waals surface area contributed by atoms with Crippen LogP contribution in [-0.4, -0.2) is 53.6 Å². The number of rotatable bonds is 10. The molecule has 0 bridgehead atoms. The van der Waals surface area contributed by atoms with E-state index in [9.17, 15) is 0 Å². The summed E-state index contributed by atoms with van der Waals surface area (Å²) in [5.74, 6) is 1.07.